The van der Waals surface area contributed by atoms with Crippen molar-refractivity contribution in [2.24, 2.45) is 0 Å². The highest BCUT2D eigenvalue weighted by atomic mass is 19.1. The third-order valence-electron chi connectivity index (χ3n) is 4.05. The van der Waals surface area contributed by atoms with Gasteiger partial charge in [0.1, 0.15) is 11.6 Å². The molecule has 2 aromatic heterocycles. The fourth-order valence-corrected chi connectivity index (χ4v) is 2.72. The number of methoxy groups -OCH3 is 1. The van der Waals surface area contributed by atoms with Crippen molar-refractivity contribution in [2.45, 2.75) is 33.2 Å². The molecule has 1 atom stereocenters. The molecule has 7 nitrogen and oxygen atoms in total. The summed E-state index contributed by atoms with van der Waals surface area (Å²) >= 11 is 0. The maximum atomic E-state index is 13.3. The Kier molecular flexibility index (Phi) is 4.89. The average molecular weight is 344 g/mol. The Morgan fingerprint density at radius 1 is 1.28 bits per heavy atom. The first kappa shape index (κ1) is 17.2. The minimum Gasteiger partial charge on any atom is -0.382 e. The molecule has 1 unspecified atom stereocenters. The van der Waals surface area contributed by atoms with Crippen LogP contribution in [0.4, 0.5) is 15.9 Å². The number of halogens is 1. The van der Waals surface area contributed by atoms with Crippen molar-refractivity contribution in [3.05, 3.63) is 35.4 Å². The lowest BCUT2D eigenvalue weighted by Gasteiger charge is -2.14. The molecule has 1 N–H and O–H groups in total. The summed E-state index contributed by atoms with van der Waals surface area (Å²) in [6.45, 7) is 6.24. The highest BCUT2D eigenvalue weighted by Gasteiger charge is 2.19. The molecular formula is C17H21FN6O. The summed E-state index contributed by atoms with van der Waals surface area (Å²) < 4.78 is 20.4. The zero-order chi connectivity index (χ0) is 18.0. The van der Waals surface area contributed by atoms with Gasteiger partial charge in [-0.2, -0.15) is 0 Å². The molecule has 0 spiro atoms. The summed E-state index contributed by atoms with van der Waals surface area (Å²) in [5, 5.41) is 11.7. The van der Waals surface area contributed by atoms with Gasteiger partial charge in [-0.1, -0.05) is 12.1 Å². The summed E-state index contributed by atoms with van der Waals surface area (Å²) in [6.07, 6.45) is 0.842. The summed E-state index contributed by atoms with van der Waals surface area (Å²) in [5.41, 5.74) is 2.77. The van der Waals surface area contributed by atoms with E-state index in [-0.39, 0.29) is 11.9 Å². The van der Waals surface area contributed by atoms with Crippen molar-refractivity contribution in [1.29, 1.82) is 0 Å². The van der Waals surface area contributed by atoms with E-state index in [0.717, 1.165) is 17.7 Å². The van der Waals surface area contributed by atoms with Crippen molar-refractivity contribution < 1.29 is 9.13 Å². The zero-order valence-corrected chi connectivity index (χ0v) is 14.7. The fourth-order valence-electron chi connectivity index (χ4n) is 2.72. The predicted octanol–water partition coefficient (Wildman–Crippen LogP) is 3.32. The zero-order valence-electron chi connectivity index (χ0n) is 14.7. The second-order valence-electron chi connectivity index (χ2n) is 5.93. The number of ether oxygens (including phenoxy) is 1. The third-order valence-corrected chi connectivity index (χ3v) is 4.05. The standard InChI is InChI=1S/C17H21FN6O/c1-5-13(9-25-4)24-17-15(22-23-24)16(19-11(3)20-17)21-14-7-6-12(18)8-10(14)2/h6-8,13H,5,9H2,1-4H3,(H,19,20,21). The Morgan fingerprint density at radius 3 is 2.76 bits per heavy atom. The topological polar surface area (TPSA) is 77.8 Å². The van der Waals surface area contributed by atoms with Crippen LogP contribution in [-0.2, 0) is 4.74 Å². The summed E-state index contributed by atoms with van der Waals surface area (Å²) in [7, 11) is 1.66. The van der Waals surface area contributed by atoms with Gasteiger partial charge in [0.05, 0.1) is 12.6 Å². The van der Waals surface area contributed by atoms with Gasteiger partial charge < -0.3 is 10.1 Å². The summed E-state index contributed by atoms with van der Waals surface area (Å²) in [5.74, 6) is 0.879. The Morgan fingerprint density at radius 2 is 2.08 bits per heavy atom. The van der Waals surface area contributed by atoms with Crippen LogP contribution in [0.15, 0.2) is 18.2 Å². The van der Waals surface area contributed by atoms with Crippen LogP contribution < -0.4 is 5.32 Å². The molecule has 132 valence electrons. The molecule has 0 saturated heterocycles. The van der Waals surface area contributed by atoms with Crippen molar-refractivity contribution in [1.82, 2.24) is 25.0 Å². The van der Waals surface area contributed by atoms with Crippen molar-refractivity contribution >= 4 is 22.7 Å². The molecule has 0 aliphatic rings. The van der Waals surface area contributed by atoms with Gasteiger partial charge in [0.25, 0.3) is 0 Å². The molecule has 0 radical (unpaired) electrons. The number of hydrogen-bond acceptors (Lipinski definition) is 6. The largest absolute Gasteiger partial charge is 0.382 e. The second-order valence-corrected chi connectivity index (χ2v) is 5.93. The van der Waals surface area contributed by atoms with Gasteiger partial charge in [0.2, 0.25) is 0 Å². The van der Waals surface area contributed by atoms with E-state index in [9.17, 15) is 4.39 Å². The lowest BCUT2D eigenvalue weighted by molar-refractivity contribution is 0.148. The van der Waals surface area contributed by atoms with E-state index in [2.05, 4.69) is 32.5 Å². The van der Waals surface area contributed by atoms with E-state index in [0.29, 0.717) is 29.4 Å². The second kappa shape index (κ2) is 7.10. The van der Waals surface area contributed by atoms with Gasteiger partial charge in [-0.05, 0) is 44.0 Å². The Labute approximate surface area is 145 Å². The van der Waals surface area contributed by atoms with E-state index in [1.807, 2.05) is 13.8 Å². The van der Waals surface area contributed by atoms with Gasteiger partial charge in [-0.15, -0.1) is 5.10 Å². The van der Waals surface area contributed by atoms with E-state index in [4.69, 9.17) is 4.74 Å². The van der Waals surface area contributed by atoms with E-state index < -0.39 is 0 Å². The summed E-state index contributed by atoms with van der Waals surface area (Å²) in [6, 6.07) is 4.60. The first-order valence-corrected chi connectivity index (χ1v) is 8.15. The minimum atomic E-state index is -0.275. The van der Waals surface area contributed by atoms with Gasteiger partial charge in [-0.3, -0.25) is 0 Å². The Bertz CT molecular complexity index is 894. The molecule has 0 bridgehead atoms. The lowest BCUT2D eigenvalue weighted by Crippen LogP contribution is -2.16. The molecule has 8 heteroatoms. The molecule has 0 amide bonds. The SMILES string of the molecule is CCC(COC)n1nnc2c(Nc3ccc(F)cc3C)nc(C)nc21. The number of nitrogens with one attached hydrogen (secondary N) is 1. The smallest absolute Gasteiger partial charge is 0.184 e. The number of aryl methyl sites for hydroxylation is 2. The molecule has 0 aliphatic heterocycles. The number of benzene rings is 1. The molecular weight excluding hydrogens is 323 g/mol. The van der Waals surface area contributed by atoms with E-state index >= 15 is 0 Å². The van der Waals surface area contributed by atoms with Gasteiger partial charge >= 0.3 is 0 Å². The Hall–Kier alpha value is -2.61. The number of aromatic nitrogens is 5. The average Bonchev–Trinajstić information content (AvgIpc) is 2.99. The molecule has 0 fully saturated rings. The van der Waals surface area contributed by atoms with Gasteiger partial charge in [0, 0.05) is 12.8 Å². The maximum Gasteiger partial charge on any atom is 0.184 e. The molecule has 0 saturated carbocycles. The minimum absolute atomic E-state index is 0.0460. The van der Waals surface area contributed by atoms with Crippen LogP contribution in [0.25, 0.3) is 11.2 Å². The lowest BCUT2D eigenvalue weighted by atomic mass is 10.2. The first-order valence-electron chi connectivity index (χ1n) is 8.15. The predicted molar refractivity (Wildman–Crippen MR) is 93.5 cm³/mol. The van der Waals surface area contributed by atoms with E-state index in [1.54, 1.807) is 17.9 Å². The van der Waals surface area contributed by atoms with Crippen LogP contribution in [0.1, 0.15) is 30.8 Å². The van der Waals surface area contributed by atoms with Crippen molar-refractivity contribution in [2.75, 3.05) is 19.0 Å². The molecule has 1 aromatic carbocycles. The number of anilines is 2. The fraction of sp³-hybridized carbons (Fsp3) is 0.412. The van der Waals surface area contributed by atoms with Crippen LogP contribution in [0.3, 0.4) is 0 Å². The van der Waals surface area contributed by atoms with Crippen molar-refractivity contribution in [3.63, 3.8) is 0 Å². The summed E-state index contributed by atoms with van der Waals surface area (Å²) in [4.78, 5) is 8.94. The number of rotatable bonds is 6. The van der Waals surface area contributed by atoms with Crippen LogP contribution >= 0.6 is 0 Å². The first-order chi connectivity index (χ1) is 12.0. The quantitative estimate of drug-likeness (QED) is 0.739. The number of fused-ring (bicyclic) bond motifs is 1. The number of nitrogens with zero attached hydrogens (tertiary/aromatic N) is 5. The van der Waals surface area contributed by atoms with Gasteiger partial charge in [-0.25, -0.2) is 19.0 Å². The normalized spacial score (nSPS) is 12.5. The molecule has 3 aromatic rings. The highest BCUT2D eigenvalue weighted by Crippen LogP contribution is 2.26. The van der Waals surface area contributed by atoms with Crippen LogP contribution in [0.2, 0.25) is 0 Å². The highest BCUT2D eigenvalue weighted by molar-refractivity contribution is 5.85. The van der Waals surface area contributed by atoms with Crippen molar-refractivity contribution in [3.8, 4) is 0 Å². The number of hydrogen-bond donors (Lipinski definition) is 1. The van der Waals surface area contributed by atoms with Crippen LogP contribution in [0.5, 0.6) is 0 Å². The third kappa shape index (κ3) is 3.43. The molecule has 0 aliphatic carbocycles. The monoisotopic (exact) mass is 344 g/mol. The molecule has 25 heavy (non-hydrogen) atoms. The maximum absolute atomic E-state index is 13.3. The molecule has 2 heterocycles. The van der Waals surface area contributed by atoms with Gasteiger partial charge in [0.15, 0.2) is 17.0 Å². The Balaban J connectivity index is 2.05. The van der Waals surface area contributed by atoms with Crippen LogP contribution in [0, 0.1) is 19.7 Å². The van der Waals surface area contributed by atoms with E-state index in [1.165, 1.54) is 12.1 Å². The van der Waals surface area contributed by atoms with Crippen LogP contribution in [-0.4, -0.2) is 38.7 Å². The molecule has 3 rings (SSSR count).